The zero-order chi connectivity index (χ0) is 19.4. The van der Waals surface area contributed by atoms with Gasteiger partial charge in [0, 0.05) is 25.5 Å². The predicted octanol–water partition coefficient (Wildman–Crippen LogP) is 3.83. The number of carboxylic acids is 1. The molecule has 27 heavy (non-hydrogen) atoms. The first-order chi connectivity index (χ1) is 12.9. The highest BCUT2D eigenvalue weighted by Crippen LogP contribution is 2.34. The van der Waals surface area contributed by atoms with Crippen LogP contribution in [0.3, 0.4) is 0 Å². The Hall–Kier alpha value is -2.63. The minimum absolute atomic E-state index is 0.180. The molecule has 1 aliphatic rings. The second kappa shape index (κ2) is 7.94. The van der Waals surface area contributed by atoms with E-state index in [4.69, 9.17) is 4.42 Å². The van der Waals surface area contributed by atoms with Crippen molar-refractivity contribution in [2.45, 2.75) is 57.4 Å². The first-order valence-electron chi connectivity index (χ1n) is 9.44. The Balaban J connectivity index is 1.63. The molecule has 1 N–H and O–H groups in total. The summed E-state index contributed by atoms with van der Waals surface area (Å²) in [6.07, 6.45) is 5.92. The molecule has 1 aromatic carbocycles. The molecule has 0 radical (unpaired) electrons. The van der Waals surface area contributed by atoms with Crippen LogP contribution in [0.4, 0.5) is 0 Å². The van der Waals surface area contributed by atoms with Crippen molar-refractivity contribution in [3.63, 3.8) is 0 Å². The third kappa shape index (κ3) is 4.04. The largest absolute Gasteiger partial charge is 0.479 e. The molecule has 1 aromatic heterocycles. The van der Waals surface area contributed by atoms with E-state index in [1.807, 2.05) is 31.2 Å². The Bertz CT molecular complexity index is 804. The fraction of sp³-hybridized carbons (Fsp3) is 0.476. The lowest BCUT2D eigenvalue weighted by atomic mass is 9.80. The number of aromatic nitrogens is 1. The minimum atomic E-state index is -1.07. The number of oxazole rings is 1. The molecule has 0 atom stereocenters. The molecule has 0 saturated heterocycles. The normalized spacial score (nSPS) is 16.1. The Kier molecular flexibility index (Phi) is 5.63. The molecule has 3 rings (SSSR count). The molecule has 1 fully saturated rings. The van der Waals surface area contributed by atoms with E-state index in [1.165, 1.54) is 10.5 Å². The van der Waals surface area contributed by atoms with Crippen LogP contribution in [0, 0.1) is 6.92 Å². The molecule has 0 unspecified atom stereocenters. The maximum absolute atomic E-state index is 12.6. The number of amides is 1. The van der Waals surface area contributed by atoms with Crippen molar-refractivity contribution in [3.8, 4) is 11.3 Å². The van der Waals surface area contributed by atoms with E-state index in [2.05, 4.69) is 4.98 Å². The van der Waals surface area contributed by atoms with Crippen molar-refractivity contribution in [1.29, 1.82) is 0 Å². The molecular formula is C21H26N2O4. The molecule has 2 aromatic rings. The van der Waals surface area contributed by atoms with Crippen LogP contribution in [0.15, 0.2) is 34.9 Å². The van der Waals surface area contributed by atoms with Crippen molar-refractivity contribution in [1.82, 2.24) is 9.88 Å². The Labute approximate surface area is 159 Å². The second-order valence-electron chi connectivity index (χ2n) is 7.33. The van der Waals surface area contributed by atoms with Crippen LogP contribution in [0.25, 0.3) is 11.3 Å². The third-order valence-corrected chi connectivity index (χ3v) is 5.54. The van der Waals surface area contributed by atoms with E-state index in [0.717, 1.165) is 24.8 Å². The Morgan fingerprint density at radius 3 is 2.48 bits per heavy atom. The molecule has 1 heterocycles. The summed E-state index contributed by atoms with van der Waals surface area (Å²) in [7, 11) is 1.61. The van der Waals surface area contributed by atoms with Crippen LogP contribution >= 0.6 is 0 Å². The SMILES string of the molecule is Cc1ccc(-c2cnc(CCC(=O)N(C)C3(C(=O)O)CCCCC3)o2)cc1. The quantitative estimate of drug-likeness (QED) is 0.835. The van der Waals surface area contributed by atoms with Gasteiger partial charge in [-0.2, -0.15) is 0 Å². The van der Waals surface area contributed by atoms with E-state index in [-0.39, 0.29) is 12.3 Å². The number of benzene rings is 1. The van der Waals surface area contributed by atoms with Gasteiger partial charge in [-0.15, -0.1) is 0 Å². The van der Waals surface area contributed by atoms with Crippen LogP contribution in [0.5, 0.6) is 0 Å². The van der Waals surface area contributed by atoms with Crippen molar-refractivity contribution in [2.75, 3.05) is 7.05 Å². The number of aryl methyl sites for hydroxylation is 2. The average molecular weight is 370 g/mol. The summed E-state index contributed by atoms with van der Waals surface area (Å²) in [6, 6.07) is 7.95. The summed E-state index contributed by atoms with van der Waals surface area (Å²) >= 11 is 0. The lowest BCUT2D eigenvalue weighted by molar-refractivity contribution is -0.160. The van der Waals surface area contributed by atoms with Crippen molar-refractivity contribution < 1.29 is 19.1 Å². The zero-order valence-electron chi connectivity index (χ0n) is 15.9. The van der Waals surface area contributed by atoms with Crippen LogP contribution in [0.1, 0.15) is 50.0 Å². The van der Waals surface area contributed by atoms with E-state index in [1.54, 1.807) is 13.2 Å². The summed E-state index contributed by atoms with van der Waals surface area (Å²) in [4.78, 5) is 30.2. The number of likely N-dealkylation sites (N-methyl/N-ethyl adjacent to an activating group) is 1. The van der Waals surface area contributed by atoms with Crippen molar-refractivity contribution in [2.24, 2.45) is 0 Å². The summed E-state index contributed by atoms with van der Waals surface area (Å²) < 4.78 is 5.76. The number of carbonyl (C=O) groups excluding carboxylic acids is 1. The second-order valence-corrected chi connectivity index (χ2v) is 7.33. The van der Waals surface area contributed by atoms with Gasteiger partial charge in [0.15, 0.2) is 11.7 Å². The Morgan fingerprint density at radius 2 is 1.85 bits per heavy atom. The van der Waals surface area contributed by atoms with Crippen molar-refractivity contribution >= 4 is 11.9 Å². The zero-order valence-corrected chi connectivity index (χ0v) is 15.9. The van der Waals surface area contributed by atoms with Gasteiger partial charge in [-0.3, -0.25) is 4.79 Å². The van der Waals surface area contributed by atoms with Gasteiger partial charge in [-0.25, -0.2) is 9.78 Å². The monoisotopic (exact) mass is 370 g/mol. The van der Waals surface area contributed by atoms with Gasteiger partial charge in [0.25, 0.3) is 0 Å². The summed E-state index contributed by atoms with van der Waals surface area (Å²) in [6.45, 7) is 2.02. The van der Waals surface area contributed by atoms with E-state index in [9.17, 15) is 14.7 Å². The van der Waals surface area contributed by atoms with Crippen LogP contribution < -0.4 is 0 Å². The van der Waals surface area contributed by atoms with Gasteiger partial charge in [0.05, 0.1) is 6.20 Å². The number of carboxylic acid groups (broad SMARTS) is 1. The fourth-order valence-corrected chi connectivity index (χ4v) is 3.73. The summed E-state index contributed by atoms with van der Waals surface area (Å²) in [5.74, 6) is 0.0608. The number of rotatable bonds is 6. The van der Waals surface area contributed by atoms with Crippen LogP contribution in [-0.4, -0.2) is 39.5 Å². The van der Waals surface area contributed by atoms with Crippen molar-refractivity contribution in [3.05, 3.63) is 41.9 Å². The number of aliphatic carboxylic acids is 1. The number of hydrogen-bond acceptors (Lipinski definition) is 4. The highest BCUT2D eigenvalue weighted by atomic mass is 16.4. The number of nitrogens with zero attached hydrogens (tertiary/aromatic N) is 2. The first-order valence-corrected chi connectivity index (χ1v) is 9.44. The van der Waals surface area contributed by atoms with Gasteiger partial charge >= 0.3 is 5.97 Å². The average Bonchev–Trinajstić information content (AvgIpc) is 3.15. The van der Waals surface area contributed by atoms with E-state index < -0.39 is 11.5 Å². The van der Waals surface area contributed by atoms with Crippen LogP contribution in [0.2, 0.25) is 0 Å². The minimum Gasteiger partial charge on any atom is -0.479 e. The molecule has 1 amide bonds. The van der Waals surface area contributed by atoms with Gasteiger partial charge < -0.3 is 14.4 Å². The maximum atomic E-state index is 12.6. The molecule has 0 bridgehead atoms. The third-order valence-electron chi connectivity index (χ3n) is 5.54. The van der Waals surface area contributed by atoms with E-state index >= 15 is 0 Å². The molecule has 144 valence electrons. The highest BCUT2D eigenvalue weighted by molar-refractivity contribution is 5.87. The molecule has 6 heteroatoms. The molecule has 1 saturated carbocycles. The number of hydrogen-bond donors (Lipinski definition) is 1. The molecule has 0 aliphatic heterocycles. The highest BCUT2D eigenvalue weighted by Gasteiger charge is 2.45. The molecule has 6 nitrogen and oxygen atoms in total. The number of carbonyl (C=O) groups is 2. The first kappa shape index (κ1) is 19.1. The van der Waals surface area contributed by atoms with Gasteiger partial charge in [0.2, 0.25) is 5.91 Å². The standard InChI is InChI=1S/C21H26N2O4/c1-15-6-8-16(9-7-15)17-14-22-18(27-17)10-11-19(24)23(2)21(20(25)26)12-4-3-5-13-21/h6-9,14H,3-5,10-13H2,1-2H3,(H,25,26). The van der Waals surface area contributed by atoms with Gasteiger partial charge in [-0.1, -0.05) is 49.1 Å². The van der Waals surface area contributed by atoms with Gasteiger partial charge in [-0.05, 0) is 19.8 Å². The predicted molar refractivity (Wildman–Crippen MR) is 101 cm³/mol. The van der Waals surface area contributed by atoms with Crippen LogP contribution in [-0.2, 0) is 16.0 Å². The smallest absolute Gasteiger partial charge is 0.329 e. The Morgan fingerprint density at radius 1 is 1.19 bits per heavy atom. The van der Waals surface area contributed by atoms with Gasteiger partial charge in [0.1, 0.15) is 5.54 Å². The molecule has 1 aliphatic carbocycles. The van der Waals surface area contributed by atoms with E-state index in [0.29, 0.717) is 30.9 Å². The summed E-state index contributed by atoms with van der Waals surface area (Å²) in [5, 5.41) is 9.72. The summed E-state index contributed by atoms with van der Waals surface area (Å²) in [5.41, 5.74) is 1.04. The maximum Gasteiger partial charge on any atom is 0.329 e. The topological polar surface area (TPSA) is 83.6 Å². The molecular weight excluding hydrogens is 344 g/mol. The molecule has 0 spiro atoms. The fourth-order valence-electron chi connectivity index (χ4n) is 3.73. The lowest BCUT2D eigenvalue weighted by Crippen LogP contribution is -2.56. The lowest BCUT2D eigenvalue weighted by Gasteiger charge is -2.41.